The Morgan fingerprint density at radius 1 is 1.45 bits per heavy atom. The largest absolute Gasteiger partial charge is 0.313 e. The van der Waals surface area contributed by atoms with Crippen LogP contribution in [0.5, 0.6) is 0 Å². The summed E-state index contributed by atoms with van der Waals surface area (Å²) < 4.78 is 0. The summed E-state index contributed by atoms with van der Waals surface area (Å²) >= 11 is 0. The van der Waals surface area contributed by atoms with Crippen LogP contribution in [0, 0.1) is 6.42 Å². The Morgan fingerprint density at radius 3 is 2.73 bits per heavy atom. The van der Waals surface area contributed by atoms with Crippen LogP contribution in [0.2, 0.25) is 0 Å². The molecule has 0 spiro atoms. The van der Waals surface area contributed by atoms with Gasteiger partial charge in [-0.15, -0.1) is 13.2 Å². The zero-order valence-corrected chi connectivity index (χ0v) is 6.92. The molecule has 0 aliphatic carbocycles. The summed E-state index contributed by atoms with van der Waals surface area (Å²) in [4.78, 5) is 0. The summed E-state index contributed by atoms with van der Waals surface area (Å²) in [6.45, 7) is 8.09. The normalized spacial score (nSPS) is 12.5. The second-order valence-corrected chi connectivity index (χ2v) is 2.33. The SMILES string of the molecule is C=C[CH]CCCNC(N)C=C. The van der Waals surface area contributed by atoms with Crippen molar-refractivity contribution in [3.63, 3.8) is 0 Å². The Morgan fingerprint density at radius 2 is 2.18 bits per heavy atom. The molecule has 0 aromatic rings. The van der Waals surface area contributed by atoms with Crippen molar-refractivity contribution >= 4 is 0 Å². The van der Waals surface area contributed by atoms with Gasteiger partial charge in [-0.05, 0) is 25.8 Å². The average Bonchev–Trinajstić information content (AvgIpc) is 2.04. The molecule has 0 saturated heterocycles. The standard InChI is InChI=1S/C9H17N2/c1-3-5-6-7-8-11-9(10)4-2/h3-5,9,11H,1-2,6-8,10H2. The predicted molar refractivity (Wildman–Crippen MR) is 49.9 cm³/mol. The lowest BCUT2D eigenvalue weighted by Gasteiger charge is -2.07. The van der Waals surface area contributed by atoms with E-state index in [0.29, 0.717) is 0 Å². The van der Waals surface area contributed by atoms with Gasteiger partial charge in [-0.3, -0.25) is 5.32 Å². The van der Waals surface area contributed by atoms with E-state index in [0.717, 1.165) is 19.4 Å². The molecule has 0 aliphatic heterocycles. The number of nitrogens with one attached hydrogen (secondary N) is 1. The first-order valence-electron chi connectivity index (χ1n) is 3.87. The van der Waals surface area contributed by atoms with Crippen LogP contribution < -0.4 is 11.1 Å². The fraction of sp³-hybridized carbons (Fsp3) is 0.444. The highest BCUT2D eigenvalue weighted by molar-refractivity contribution is 4.86. The smallest absolute Gasteiger partial charge is 0.0736 e. The van der Waals surface area contributed by atoms with Gasteiger partial charge < -0.3 is 5.73 Å². The Hall–Kier alpha value is -0.600. The van der Waals surface area contributed by atoms with Crippen molar-refractivity contribution in [3.05, 3.63) is 31.7 Å². The van der Waals surface area contributed by atoms with Gasteiger partial charge in [0.2, 0.25) is 0 Å². The molecule has 1 atom stereocenters. The fourth-order valence-electron chi connectivity index (χ4n) is 0.690. The molecule has 3 N–H and O–H groups in total. The second-order valence-electron chi connectivity index (χ2n) is 2.33. The highest BCUT2D eigenvalue weighted by atomic mass is 15.0. The van der Waals surface area contributed by atoms with Crippen LogP contribution in [0.3, 0.4) is 0 Å². The predicted octanol–water partition coefficient (Wildman–Crippen LogP) is 1.22. The summed E-state index contributed by atoms with van der Waals surface area (Å²) in [5.41, 5.74) is 5.53. The van der Waals surface area contributed by atoms with Gasteiger partial charge in [0.15, 0.2) is 0 Å². The number of allylic oxidation sites excluding steroid dienone is 1. The lowest BCUT2D eigenvalue weighted by Crippen LogP contribution is -2.35. The van der Waals surface area contributed by atoms with Crippen LogP contribution in [-0.4, -0.2) is 12.7 Å². The Balaban J connectivity index is 3.01. The van der Waals surface area contributed by atoms with E-state index in [1.165, 1.54) is 0 Å². The van der Waals surface area contributed by atoms with Crippen molar-refractivity contribution in [1.82, 2.24) is 5.32 Å². The molecule has 2 nitrogen and oxygen atoms in total. The van der Waals surface area contributed by atoms with E-state index < -0.39 is 0 Å². The van der Waals surface area contributed by atoms with Crippen LogP contribution in [0.1, 0.15) is 12.8 Å². The van der Waals surface area contributed by atoms with Crippen LogP contribution in [0.25, 0.3) is 0 Å². The molecule has 0 aromatic carbocycles. The van der Waals surface area contributed by atoms with E-state index in [2.05, 4.69) is 18.5 Å². The van der Waals surface area contributed by atoms with Crippen LogP contribution in [0.4, 0.5) is 0 Å². The van der Waals surface area contributed by atoms with Crippen molar-refractivity contribution < 1.29 is 0 Å². The molecule has 2 heteroatoms. The van der Waals surface area contributed by atoms with Crippen LogP contribution >= 0.6 is 0 Å². The fourth-order valence-corrected chi connectivity index (χ4v) is 0.690. The first-order chi connectivity index (χ1) is 5.31. The Kier molecular flexibility index (Phi) is 7.10. The minimum Gasteiger partial charge on any atom is -0.313 e. The first-order valence-corrected chi connectivity index (χ1v) is 3.87. The maximum absolute atomic E-state index is 5.53. The summed E-state index contributed by atoms with van der Waals surface area (Å²) in [6.07, 6.45) is 7.62. The number of rotatable bonds is 7. The van der Waals surface area contributed by atoms with Crippen LogP contribution in [-0.2, 0) is 0 Å². The van der Waals surface area contributed by atoms with E-state index in [9.17, 15) is 0 Å². The molecule has 1 unspecified atom stereocenters. The lowest BCUT2D eigenvalue weighted by molar-refractivity contribution is 0.590. The van der Waals surface area contributed by atoms with E-state index >= 15 is 0 Å². The minimum absolute atomic E-state index is 0.0706. The second kappa shape index (κ2) is 7.51. The quantitative estimate of drug-likeness (QED) is 0.328. The molecule has 0 aliphatic rings. The summed E-state index contributed by atoms with van der Waals surface area (Å²) in [5.74, 6) is 0. The number of nitrogens with two attached hydrogens (primary N) is 1. The molecule has 0 bridgehead atoms. The van der Waals surface area contributed by atoms with Gasteiger partial charge in [-0.2, -0.15) is 0 Å². The highest BCUT2D eigenvalue weighted by Crippen LogP contribution is 1.92. The Labute approximate surface area is 69.2 Å². The van der Waals surface area contributed by atoms with Crippen molar-refractivity contribution in [2.45, 2.75) is 19.0 Å². The average molecular weight is 153 g/mol. The van der Waals surface area contributed by atoms with E-state index in [4.69, 9.17) is 5.73 Å². The van der Waals surface area contributed by atoms with Gasteiger partial charge in [-0.25, -0.2) is 0 Å². The summed E-state index contributed by atoms with van der Waals surface area (Å²) in [6, 6.07) is 0. The number of unbranched alkanes of at least 4 members (excludes halogenated alkanes) is 2. The van der Waals surface area contributed by atoms with Gasteiger partial charge in [0.05, 0.1) is 6.17 Å². The molecule has 1 radical (unpaired) electrons. The van der Waals surface area contributed by atoms with Gasteiger partial charge in [0.1, 0.15) is 0 Å². The number of hydrogen-bond donors (Lipinski definition) is 2. The molecular formula is C9H17N2. The molecular weight excluding hydrogens is 136 g/mol. The molecule has 0 saturated carbocycles. The van der Waals surface area contributed by atoms with Gasteiger partial charge in [0.25, 0.3) is 0 Å². The maximum atomic E-state index is 5.53. The topological polar surface area (TPSA) is 38.0 Å². The summed E-state index contributed by atoms with van der Waals surface area (Å²) in [5, 5.41) is 3.10. The third-order valence-electron chi connectivity index (χ3n) is 1.35. The van der Waals surface area contributed by atoms with Crippen LogP contribution in [0.15, 0.2) is 25.3 Å². The summed E-state index contributed by atoms with van der Waals surface area (Å²) in [7, 11) is 0. The van der Waals surface area contributed by atoms with Crippen molar-refractivity contribution in [1.29, 1.82) is 0 Å². The molecule has 0 heterocycles. The van der Waals surface area contributed by atoms with E-state index in [-0.39, 0.29) is 6.17 Å². The zero-order valence-electron chi connectivity index (χ0n) is 6.92. The van der Waals surface area contributed by atoms with Gasteiger partial charge in [0, 0.05) is 0 Å². The first kappa shape index (κ1) is 10.4. The molecule has 0 amide bonds. The Bertz CT molecular complexity index is 110. The number of hydrogen-bond acceptors (Lipinski definition) is 2. The molecule has 11 heavy (non-hydrogen) atoms. The lowest BCUT2D eigenvalue weighted by atomic mass is 10.2. The molecule has 0 rings (SSSR count). The highest BCUT2D eigenvalue weighted by Gasteiger charge is 1.92. The van der Waals surface area contributed by atoms with E-state index in [1.807, 2.05) is 12.5 Å². The molecule has 0 fully saturated rings. The molecule has 0 aromatic heterocycles. The molecule has 63 valence electrons. The third kappa shape index (κ3) is 7.30. The van der Waals surface area contributed by atoms with Gasteiger partial charge in [-0.1, -0.05) is 12.2 Å². The van der Waals surface area contributed by atoms with E-state index in [1.54, 1.807) is 6.08 Å². The third-order valence-corrected chi connectivity index (χ3v) is 1.35. The monoisotopic (exact) mass is 153 g/mol. The van der Waals surface area contributed by atoms with Crippen molar-refractivity contribution in [2.75, 3.05) is 6.54 Å². The van der Waals surface area contributed by atoms with Crippen molar-refractivity contribution in [3.8, 4) is 0 Å². The minimum atomic E-state index is -0.0706. The van der Waals surface area contributed by atoms with Gasteiger partial charge >= 0.3 is 0 Å². The zero-order chi connectivity index (χ0) is 8.53. The maximum Gasteiger partial charge on any atom is 0.0736 e. The van der Waals surface area contributed by atoms with Crippen molar-refractivity contribution in [2.24, 2.45) is 5.73 Å².